The van der Waals surface area contributed by atoms with Gasteiger partial charge in [-0.1, -0.05) is 82.9 Å². The third-order valence-corrected chi connectivity index (χ3v) is 7.04. The molecule has 0 bridgehead atoms. The lowest BCUT2D eigenvalue weighted by molar-refractivity contribution is -0.139. The second-order valence-electron chi connectivity index (χ2n) is 7.27. The van der Waals surface area contributed by atoms with E-state index in [9.17, 15) is 13.2 Å². The average molecular weight is 512 g/mol. The Labute approximate surface area is 199 Å². The summed E-state index contributed by atoms with van der Waals surface area (Å²) in [5, 5.41) is 0.476. The van der Waals surface area contributed by atoms with Crippen molar-refractivity contribution in [3.8, 4) is 0 Å². The highest BCUT2D eigenvalue weighted by molar-refractivity contribution is 7.80. The van der Waals surface area contributed by atoms with Crippen LogP contribution in [0, 0.1) is 5.92 Å². The molecule has 8 heteroatoms. The average Bonchev–Trinajstić information content (AvgIpc) is 3.49. The lowest BCUT2D eigenvalue weighted by Crippen LogP contribution is -2.19. The van der Waals surface area contributed by atoms with Crippen LogP contribution in [0.4, 0.5) is 13.2 Å². The molecule has 2 aromatic rings. The van der Waals surface area contributed by atoms with E-state index in [0.29, 0.717) is 16.5 Å². The Kier molecular flexibility index (Phi) is 7.79. The molecule has 1 aliphatic rings. The van der Waals surface area contributed by atoms with Crippen molar-refractivity contribution < 1.29 is 13.2 Å². The maximum absolute atomic E-state index is 13.7. The summed E-state index contributed by atoms with van der Waals surface area (Å²) >= 11 is 29.4. The predicted molar refractivity (Wildman–Crippen MR) is 124 cm³/mol. The molecule has 0 spiro atoms. The third kappa shape index (κ3) is 6.14. The van der Waals surface area contributed by atoms with Crippen LogP contribution in [0.15, 0.2) is 36.4 Å². The Morgan fingerprint density at radius 3 is 2.20 bits per heavy atom. The summed E-state index contributed by atoms with van der Waals surface area (Å²) in [6.45, 7) is 0. The highest BCUT2D eigenvalue weighted by atomic mass is 35.5. The van der Waals surface area contributed by atoms with Crippen molar-refractivity contribution in [3.05, 3.63) is 73.2 Å². The van der Waals surface area contributed by atoms with E-state index >= 15 is 0 Å². The molecule has 1 atom stereocenters. The number of hydrogen-bond donors (Lipinski definition) is 0. The molecule has 0 saturated heterocycles. The van der Waals surface area contributed by atoms with Gasteiger partial charge in [-0.25, -0.2) is 0 Å². The summed E-state index contributed by atoms with van der Waals surface area (Å²) in [5.41, 5.74) is 1.41. The molecule has 0 nitrogen and oxygen atoms in total. The van der Waals surface area contributed by atoms with E-state index in [0.717, 1.165) is 29.3 Å². The minimum atomic E-state index is -4.53. The van der Waals surface area contributed by atoms with Gasteiger partial charge in [-0.05, 0) is 71.4 Å². The summed E-state index contributed by atoms with van der Waals surface area (Å²) in [6.07, 6.45) is 1.78. The van der Waals surface area contributed by atoms with Gasteiger partial charge in [0.2, 0.25) is 0 Å². The highest BCUT2D eigenvalue weighted by Gasteiger charge is 2.39. The Morgan fingerprint density at radius 2 is 1.67 bits per heavy atom. The van der Waals surface area contributed by atoms with Gasteiger partial charge in [-0.15, -0.1) is 0 Å². The monoisotopic (exact) mass is 510 g/mol. The fraction of sp³-hybridized carbons (Fsp3) is 0.318. The largest absolute Gasteiger partial charge is 0.399 e. The first kappa shape index (κ1) is 23.9. The first-order valence-corrected chi connectivity index (χ1v) is 11.2. The Morgan fingerprint density at radius 1 is 1.03 bits per heavy atom. The number of halogens is 7. The molecule has 0 aromatic heterocycles. The van der Waals surface area contributed by atoms with Crippen LogP contribution in [0.1, 0.15) is 41.9 Å². The standard InChI is InChI=1S/C22H17Cl4F3S/c23-17-9-12(1-3-13(17)6-8-20(30)14-4-5-14)2-7-16(22(27,28)29)15-10-18(24)21(26)19(25)11-15/h1-3,7,9-11,14,16H,4-6,8H2/b7-2+. The quantitative estimate of drug-likeness (QED) is 0.263. The van der Waals surface area contributed by atoms with Crippen LogP contribution < -0.4 is 0 Å². The van der Waals surface area contributed by atoms with Gasteiger partial charge in [0.15, 0.2) is 0 Å². The summed E-state index contributed by atoms with van der Waals surface area (Å²) in [4.78, 5) is 1.07. The van der Waals surface area contributed by atoms with Crippen LogP contribution in [-0.4, -0.2) is 11.0 Å². The van der Waals surface area contributed by atoms with Crippen LogP contribution in [0.2, 0.25) is 20.1 Å². The molecule has 1 unspecified atom stereocenters. The molecular formula is C22H17Cl4F3S. The zero-order chi connectivity index (χ0) is 22.1. The number of alkyl halides is 3. The van der Waals surface area contributed by atoms with Crippen molar-refractivity contribution in [1.82, 2.24) is 0 Å². The first-order valence-electron chi connectivity index (χ1n) is 9.26. The highest BCUT2D eigenvalue weighted by Crippen LogP contribution is 2.41. The number of rotatable bonds is 7. The second kappa shape index (κ2) is 9.79. The lowest BCUT2D eigenvalue weighted by atomic mass is 9.96. The molecule has 3 rings (SSSR count). The molecule has 1 aliphatic carbocycles. The minimum Gasteiger partial charge on any atom is -0.170 e. The van der Waals surface area contributed by atoms with E-state index in [4.69, 9.17) is 58.6 Å². The van der Waals surface area contributed by atoms with Crippen molar-refractivity contribution in [3.63, 3.8) is 0 Å². The molecular weight excluding hydrogens is 495 g/mol. The van der Waals surface area contributed by atoms with E-state index in [2.05, 4.69) is 0 Å². The van der Waals surface area contributed by atoms with Gasteiger partial charge in [0.25, 0.3) is 0 Å². The maximum atomic E-state index is 13.7. The topological polar surface area (TPSA) is 0 Å². The maximum Gasteiger partial charge on any atom is 0.399 e. The Bertz CT molecular complexity index is 958. The van der Waals surface area contributed by atoms with Gasteiger partial charge < -0.3 is 0 Å². The van der Waals surface area contributed by atoms with Crippen molar-refractivity contribution >= 4 is 69.6 Å². The molecule has 160 valence electrons. The second-order valence-corrected chi connectivity index (χ2v) is 9.39. The molecule has 0 N–H and O–H groups in total. The molecule has 0 amide bonds. The molecule has 30 heavy (non-hydrogen) atoms. The summed E-state index contributed by atoms with van der Waals surface area (Å²) in [6, 6.07) is 7.58. The van der Waals surface area contributed by atoms with Gasteiger partial charge >= 0.3 is 6.18 Å². The Hall–Kier alpha value is -0.780. The van der Waals surface area contributed by atoms with Gasteiger partial charge in [0.05, 0.1) is 21.0 Å². The van der Waals surface area contributed by atoms with Gasteiger partial charge in [-0.2, -0.15) is 13.2 Å². The number of thiocarbonyl (C=S) groups is 1. The fourth-order valence-corrected chi connectivity index (χ4v) is 4.34. The lowest BCUT2D eigenvalue weighted by Gasteiger charge is -2.18. The Balaban J connectivity index is 1.78. The molecule has 0 aliphatic heterocycles. The molecule has 1 saturated carbocycles. The van der Waals surface area contributed by atoms with Crippen LogP contribution in [0.5, 0.6) is 0 Å². The predicted octanol–water partition coefficient (Wildman–Crippen LogP) is 9.37. The summed E-state index contributed by atoms with van der Waals surface area (Å²) in [7, 11) is 0. The molecule has 0 heterocycles. The summed E-state index contributed by atoms with van der Waals surface area (Å²) < 4.78 is 41.0. The van der Waals surface area contributed by atoms with Crippen LogP contribution in [0.3, 0.4) is 0 Å². The zero-order valence-electron chi connectivity index (χ0n) is 15.6. The van der Waals surface area contributed by atoms with Crippen molar-refractivity contribution in [2.75, 3.05) is 0 Å². The van der Waals surface area contributed by atoms with Gasteiger partial charge in [0.1, 0.15) is 0 Å². The van der Waals surface area contributed by atoms with Crippen LogP contribution in [-0.2, 0) is 6.42 Å². The first-order chi connectivity index (χ1) is 14.1. The number of aryl methyl sites for hydroxylation is 1. The molecule has 0 radical (unpaired) electrons. The number of benzene rings is 2. The SMILES string of the molecule is FC(F)(F)C(/C=C/c1ccc(CCC(=S)C2CC2)c(Cl)c1)c1cc(Cl)c(Cl)c(Cl)c1. The fourth-order valence-electron chi connectivity index (χ4n) is 3.11. The molecule has 1 fully saturated rings. The minimum absolute atomic E-state index is 0.0236. The van der Waals surface area contributed by atoms with E-state index in [1.165, 1.54) is 31.1 Å². The summed E-state index contributed by atoms with van der Waals surface area (Å²) in [5.74, 6) is -1.32. The van der Waals surface area contributed by atoms with Crippen molar-refractivity contribution in [2.24, 2.45) is 5.92 Å². The van der Waals surface area contributed by atoms with Crippen LogP contribution in [0.25, 0.3) is 6.08 Å². The van der Waals surface area contributed by atoms with Gasteiger partial charge in [-0.3, -0.25) is 0 Å². The van der Waals surface area contributed by atoms with E-state index in [1.807, 2.05) is 6.07 Å². The van der Waals surface area contributed by atoms with Crippen LogP contribution >= 0.6 is 58.6 Å². The smallest absolute Gasteiger partial charge is 0.170 e. The number of hydrogen-bond acceptors (Lipinski definition) is 1. The van der Waals surface area contributed by atoms with E-state index < -0.39 is 12.1 Å². The number of allylic oxidation sites excluding steroid dienone is 1. The van der Waals surface area contributed by atoms with E-state index in [-0.39, 0.29) is 20.6 Å². The molecule has 2 aromatic carbocycles. The third-order valence-electron chi connectivity index (χ3n) is 4.95. The van der Waals surface area contributed by atoms with Crippen molar-refractivity contribution in [1.29, 1.82) is 0 Å². The van der Waals surface area contributed by atoms with Gasteiger partial charge in [0, 0.05) is 5.02 Å². The normalized spacial score (nSPS) is 15.6. The zero-order valence-corrected chi connectivity index (χ0v) is 19.4. The van der Waals surface area contributed by atoms with Crippen molar-refractivity contribution in [2.45, 2.75) is 37.8 Å². The van der Waals surface area contributed by atoms with E-state index in [1.54, 1.807) is 12.1 Å².